The van der Waals surface area contributed by atoms with Gasteiger partial charge in [-0.3, -0.25) is 25.0 Å². The molecule has 1 aromatic carbocycles. The van der Waals surface area contributed by atoms with Crippen LogP contribution in [0.25, 0.3) is 0 Å². The third-order valence-electron chi connectivity index (χ3n) is 2.76. The first-order valence-electron chi connectivity index (χ1n) is 6.29. The van der Waals surface area contributed by atoms with Crippen molar-refractivity contribution in [2.24, 2.45) is 5.10 Å². The number of non-ortho nitro benzene ring substituents is 1. The smallest absolute Gasteiger partial charge is 0.318 e. The van der Waals surface area contributed by atoms with Crippen LogP contribution < -0.4 is 11.2 Å². The minimum Gasteiger partial charge on any atom is -0.502 e. The van der Waals surface area contributed by atoms with Gasteiger partial charge < -0.3 is 10.8 Å². The van der Waals surface area contributed by atoms with Gasteiger partial charge in [0.2, 0.25) is 11.7 Å². The zero-order chi connectivity index (χ0) is 18.6. The van der Waals surface area contributed by atoms with Gasteiger partial charge in [-0.05, 0) is 10.4 Å². The van der Waals surface area contributed by atoms with Crippen LogP contribution in [-0.2, 0) is 11.3 Å². The molecule has 0 saturated heterocycles. The van der Waals surface area contributed by atoms with Gasteiger partial charge >= 0.3 is 5.69 Å². The van der Waals surface area contributed by atoms with Gasteiger partial charge in [0, 0.05) is 6.07 Å². The molecule has 1 heterocycles. The molecule has 0 aliphatic rings. The van der Waals surface area contributed by atoms with Crippen molar-refractivity contribution >= 4 is 29.4 Å². The highest BCUT2D eigenvalue weighted by atomic mass is 16.6. The van der Waals surface area contributed by atoms with Crippen molar-refractivity contribution in [2.45, 2.75) is 6.54 Å². The lowest BCUT2D eigenvalue weighted by Gasteiger charge is -2.02. The first kappa shape index (κ1) is 17.2. The number of tetrazole rings is 1. The van der Waals surface area contributed by atoms with Gasteiger partial charge in [-0.15, -0.1) is 0 Å². The number of hydrazone groups is 1. The molecular formula is C10H9N9O6. The van der Waals surface area contributed by atoms with E-state index in [1.807, 2.05) is 5.43 Å². The Kier molecular flexibility index (Phi) is 4.77. The van der Waals surface area contributed by atoms with Gasteiger partial charge in [-0.25, -0.2) is 10.1 Å². The van der Waals surface area contributed by atoms with E-state index < -0.39 is 32.9 Å². The van der Waals surface area contributed by atoms with E-state index >= 15 is 0 Å². The standard InChI is InChI=1S/C10H9N9O6/c11-10-14-15-16-17(10)4-8(20)13-12-3-5-1-6(18(22)23)2-7(9(5)21)19(24)25/h1-3,21H,4H2,(H,13,20)(H2,11,14,16)/b12-3-. The number of benzene rings is 1. The fourth-order valence-corrected chi connectivity index (χ4v) is 1.64. The van der Waals surface area contributed by atoms with E-state index in [1.165, 1.54) is 0 Å². The molecule has 0 bridgehead atoms. The summed E-state index contributed by atoms with van der Waals surface area (Å²) < 4.78 is 0.973. The summed E-state index contributed by atoms with van der Waals surface area (Å²) in [7, 11) is 0. The van der Waals surface area contributed by atoms with Gasteiger partial charge in [0.05, 0.1) is 27.7 Å². The van der Waals surface area contributed by atoms with Crippen LogP contribution in [0.3, 0.4) is 0 Å². The summed E-state index contributed by atoms with van der Waals surface area (Å²) in [5.74, 6) is -1.64. The number of aromatic hydroxyl groups is 1. The SMILES string of the molecule is Nc1nnnn1CC(=O)N/N=C\c1cc([N+](=O)[O-])cc([N+](=O)[O-])c1O. The number of nitro benzene ring substituents is 2. The molecule has 0 atom stereocenters. The average molecular weight is 351 g/mol. The number of carbonyl (C=O) groups excluding carboxylic acids is 1. The molecule has 15 heteroatoms. The Labute approximate surface area is 137 Å². The fourth-order valence-electron chi connectivity index (χ4n) is 1.64. The largest absolute Gasteiger partial charge is 0.502 e. The first-order chi connectivity index (χ1) is 11.8. The van der Waals surface area contributed by atoms with Crippen molar-refractivity contribution in [2.75, 3.05) is 5.73 Å². The fraction of sp³-hybridized carbons (Fsp3) is 0.100. The molecule has 0 fully saturated rings. The van der Waals surface area contributed by atoms with E-state index in [2.05, 4.69) is 20.6 Å². The molecule has 15 nitrogen and oxygen atoms in total. The van der Waals surface area contributed by atoms with Crippen LogP contribution in [0.4, 0.5) is 17.3 Å². The Morgan fingerprint density at radius 2 is 2.12 bits per heavy atom. The summed E-state index contributed by atoms with van der Waals surface area (Å²) in [5, 5.41) is 44.8. The number of nitrogen functional groups attached to an aromatic ring is 1. The van der Waals surface area contributed by atoms with E-state index in [0.717, 1.165) is 17.0 Å². The molecule has 1 amide bonds. The van der Waals surface area contributed by atoms with Crippen LogP contribution in [0.2, 0.25) is 0 Å². The molecule has 1 aromatic heterocycles. The number of rotatable bonds is 6. The zero-order valence-electron chi connectivity index (χ0n) is 12.1. The summed E-state index contributed by atoms with van der Waals surface area (Å²) in [6.45, 7) is -0.364. The molecule has 0 spiro atoms. The summed E-state index contributed by atoms with van der Waals surface area (Å²) in [4.78, 5) is 31.4. The number of carbonyl (C=O) groups is 1. The van der Waals surface area contributed by atoms with Gasteiger partial charge in [0.25, 0.3) is 11.6 Å². The van der Waals surface area contributed by atoms with Gasteiger partial charge in [0.1, 0.15) is 6.54 Å². The Morgan fingerprint density at radius 3 is 2.68 bits per heavy atom. The maximum atomic E-state index is 11.6. The van der Waals surface area contributed by atoms with Crippen LogP contribution in [0.15, 0.2) is 17.2 Å². The maximum absolute atomic E-state index is 11.6. The molecule has 130 valence electrons. The monoisotopic (exact) mass is 351 g/mol. The van der Waals surface area contributed by atoms with E-state index in [0.29, 0.717) is 6.07 Å². The van der Waals surface area contributed by atoms with Crippen molar-refractivity contribution in [1.29, 1.82) is 0 Å². The minimum atomic E-state index is -0.987. The summed E-state index contributed by atoms with van der Waals surface area (Å²) in [6.07, 6.45) is 0.816. The highest BCUT2D eigenvalue weighted by Gasteiger charge is 2.23. The van der Waals surface area contributed by atoms with E-state index in [-0.39, 0.29) is 18.1 Å². The summed E-state index contributed by atoms with van der Waals surface area (Å²) >= 11 is 0. The molecule has 0 aliphatic heterocycles. The molecule has 0 unspecified atom stereocenters. The predicted molar refractivity (Wildman–Crippen MR) is 79.4 cm³/mol. The summed E-state index contributed by atoms with van der Waals surface area (Å²) in [5.41, 5.74) is 5.57. The number of nitrogens with one attached hydrogen (secondary N) is 1. The van der Waals surface area contributed by atoms with Gasteiger partial charge in [-0.2, -0.15) is 5.10 Å². The number of nitrogens with two attached hydrogens (primary N) is 1. The number of amides is 1. The second-order valence-electron chi connectivity index (χ2n) is 4.40. The van der Waals surface area contributed by atoms with E-state index in [1.54, 1.807) is 0 Å². The Morgan fingerprint density at radius 1 is 1.40 bits per heavy atom. The van der Waals surface area contributed by atoms with Crippen LogP contribution >= 0.6 is 0 Å². The normalized spacial score (nSPS) is 10.7. The van der Waals surface area contributed by atoms with Crippen molar-refractivity contribution in [3.63, 3.8) is 0 Å². The number of hydrogen-bond donors (Lipinski definition) is 3. The second-order valence-corrected chi connectivity index (χ2v) is 4.40. The molecule has 2 aromatic rings. The van der Waals surface area contributed by atoms with Crippen LogP contribution in [-0.4, -0.2) is 47.3 Å². The second kappa shape index (κ2) is 6.94. The lowest BCUT2D eigenvalue weighted by Crippen LogP contribution is -2.24. The van der Waals surface area contributed by atoms with E-state index in [9.17, 15) is 30.1 Å². The number of phenols is 1. The highest BCUT2D eigenvalue weighted by Crippen LogP contribution is 2.33. The zero-order valence-corrected chi connectivity index (χ0v) is 12.1. The first-order valence-corrected chi connectivity index (χ1v) is 6.29. The number of aromatic nitrogens is 4. The van der Waals surface area contributed by atoms with Crippen molar-refractivity contribution < 1.29 is 19.7 Å². The lowest BCUT2D eigenvalue weighted by atomic mass is 10.1. The van der Waals surface area contributed by atoms with Gasteiger partial charge in [-0.1, -0.05) is 5.10 Å². The third-order valence-corrected chi connectivity index (χ3v) is 2.76. The Bertz CT molecular complexity index is 876. The Hall–Kier alpha value is -4.17. The van der Waals surface area contributed by atoms with Crippen molar-refractivity contribution in [3.05, 3.63) is 37.9 Å². The maximum Gasteiger partial charge on any atom is 0.318 e. The van der Waals surface area contributed by atoms with Crippen LogP contribution in [0, 0.1) is 20.2 Å². The molecule has 0 radical (unpaired) electrons. The molecule has 2 rings (SSSR count). The molecule has 25 heavy (non-hydrogen) atoms. The van der Waals surface area contributed by atoms with Crippen molar-refractivity contribution in [3.8, 4) is 5.75 Å². The number of phenolic OH excluding ortho intramolecular Hbond substituents is 1. The molecule has 0 saturated carbocycles. The molecule has 4 N–H and O–H groups in total. The van der Waals surface area contributed by atoms with Gasteiger partial charge in [0.15, 0.2) is 0 Å². The number of nitro groups is 2. The van der Waals surface area contributed by atoms with E-state index in [4.69, 9.17) is 5.73 Å². The van der Waals surface area contributed by atoms with Crippen LogP contribution in [0.5, 0.6) is 5.75 Å². The molecule has 0 aliphatic carbocycles. The summed E-state index contributed by atoms with van der Waals surface area (Å²) in [6, 6.07) is 1.46. The number of anilines is 1. The number of nitrogens with zero attached hydrogens (tertiary/aromatic N) is 7. The topological polar surface area (TPSA) is 218 Å². The van der Waals surface area contributed by atoms with Crippen LogP contribution in [0.1, 0.15) is 5.56 Å². The minimum absolute atomic E-state index is 0.105. The number of hydrogen-bond acceptors (Lipinski definition) is 11. The molecular weight excluding hydrogens is 342 g/mol. The third kappa shape index (κ3) is 3.97. The highest BCUT2D eigenvalue weighted by molar-refractivity contribution is 5.88. The lowest BCUT2D eigenvalue weighted by molar-refractivity contribution is -0.394. The quantitative estimate of drug-likeness (QED) is 0.325. The average Bonchev–Trinajstić information content (AvgIpc) is 2.93. The predicted octanol–water partition coefficient (Wildman–Crippen LogP) is -1.07. The Balaban J connectivity index is 2.17. The van der Waals surface area contributed by atoms with Crippen molar-refractivity contribution in [1.82, 2.24) is 25.6 Å².